The first-order valence-electron chi connectivity index (χ1n) is 11.3. The molecule has 1 atom stereocenters. The van der Waals surface area contributed by atoms with Crippen LogP contribution >= 0.6 is 0 Å². The summed E-state index contributed by atoms with van der Waals surface area (Å²) in [5.41, 5.74) is 3.50. The molecule has 6 nitrogen and oxygen atoms in total. The molecule has 2 aliphatic rings. The summed E-state index contributed by atoms with van der Waals surface area (Å²) in [7, 11) is 0. The Bertz CT molecular complexity index is 1030. The van der Waals surface area contributed by atoms with Gasteiger partial charge in [0.05, 0.1) is 12.2 Å². The number of carbonyl (C=O) groups is 1. The zero-order chi connectivity index (χ0) is 21.0. The molecule has 31 heavy (non-hydrogen) atoms. The van der Waals surface area contributed by atoms with Crippen molar-refractivity contribution in [2.75, 3.05) is 24.5 Å². The molecule has 1 aliphatic carbocycles. The molecule has 1 saturated heterocycles. The molecular weight excluding hydrogens is 388 g/mol. The normalized spacial score (nSPS) is 18.1. The Morgan fingerprint density at radius 3 is 2.84 bits per heavy atom. The van der Waals surface area contributed by atoms with Crippen LogP contribution in [-0.4, -0.2) is 35.5 Å². The SMILES string of the molecule is O=C(NCCc1ccco1)C1CCCN(c2nc(-c3ccccc3)nc3c2CCC3)C1. The highest BCUT2D eigenvalue weighted by Crippen LogP contribution is 2.33. The minimum absolute atomic E-state index is 0.0162. The van der Waals surface area contributed by atoms with E-state index in [1.807, 2.05) is 30.3 Å². The van der Waals surface area contributed by atoms with Crippen LogP contribution in [-0.2, 0) is 24.1 Å². The second-order valence-corrected chi connectivity index (χ2v) is 8.42. The van der Waals surface area contributed by atoms with Crippen molar-refractivity contribution in [3.05, 3.63) is 65.7 Å². The number of aryl methyl sites for hydroxylation is 1. The highest BCUT2D eigenvalue weighted by Gasteiger charge is 2.30. The molecule has 0 bridgehead atoms. The molecule has 1 aromatic carbocycles. The molecule has 1 amide bonds. The van der Waals surface area contributed by atoms with Gasteiger partial charge in [0.2, 0.25) is 5.91 Å². The van der Waals surface area contributed by atoms with Crippen LogP contribution in [0.4, 0.5) is 5.82 Å². The summed E-state index contributed by atoms with van der Waals surface area (Å²) in [5, 5.41) is 3.09. The second kappa shape index (κ2) is 8.92. The van der Waals surface area contributed by atoms with E-state index in [9.17, 15) is 4.79 Å². The number of hydrogen-bond donors (Lipinski definition) is 1. The number of carbonyl (C=O) groups excluding carboxylic acids is 1. The number of amides is 1. The summed E-state index contributed by atoms with van der Waals surface area (Å²) in [6, 6.07) is 14.0. The van der Waals surface area contributed by atoms with Gasteiger partial charge in [-0.2, -0.15) is 0 Å². The first kappa shape index (κ1) is 19.8. The number of fused-ring (bicyclic) bond motifs is 1. The molecule has 0 radical (unpaired) electrons. The molecular formula is C25H28N4O2. The topological polar surface area (TPSA) is 71.3 Å². The van der Waals surface area contributed by atoms with Crippen LogP contribution < -0.4 is 10.2 Å². The molecule has 3 heterocycles. The van der Waals surface area contributed by atoms with Crippen LogP contribution in [0.1, 0.15) is 36.3 Å². The summed E-state index contributed by atoms with van der Waals surface area (Å²) < 4.78 is 5.35. The fourth-order valence-electron chi connectivity index (χ4n) is 4.68. The summed E-state index contributed by atoms with van der Waals surface area (Å²) in [6.07, 6.45) is 7.46. The molecule has 1 unspecified atom stereocenters. The van der Waals surface area contributed by atoms with E-state index in [4.69, 9.17) is 14.4 Å². The molecule has 1 N–H and O–H groups in total. The van der Waals surface area contributed by atoms with Crippen LogP contribution in [0.25, 0.3) is 11.4 Å². The Morgan fingerprint density at radius 1 is 1.10 bits per heavy atom. The van der Waals surface area contributed by atoms with Crippen LogP contribution in [0.3, 0.4) is 0 Å². The monoisotopic (exact) mass is 416 g/mol. The molecule has 2 aromatic heterocycles. The first-order valence-corrected chi connectivity index (χ1v) is 11.3. The molecule has 0 saturated carbocycles. The lowest BCUT2D eigenvalue weighted by atomic mass is 9.96. The van der Waals surface area contributed by atoms with Crippen molar-refractivity contribution in [3.63, 3.8) is 0 Å². The highest BCUT2D eigenvalue weighted by atomic mass is 16.3. The van der Waals surface area contributed by atoms with Gasteiger partial charge in [0, 0.05) is 42.9 Å². The zero-order valence-electron chi connectivity index (χ0n) is 17.7. The number of nitrogens with one attached hydrogen (secondary N) is 1. The molecule has 160 valence electrons. The lowest BCUT2D eigenvalue weighted by molar-refractivity contribution is -0.125. The summed E-state index contributed by atoms with van der Waals surface area (Å²) in [4.78, 5) is 25.0. The number of piperidine rings is 1. The van der Waals surface area contributed by atoms with Crippen molar-refractivity contribution >= 4 is 11.7 Å². The third-order valence-corrected chi connectivity index (χ3v) is 6.29. The van der Waals surface area contributed by atoms with E-state index in [1.165, 1.54) is 11.3 Å². The maximum Gasteiger partial charge on any atom is 0.224 e. The van der Waals surface area contributed by atoms with Gasteiger partial charge in [-0.1, -0.05) is 30.3 Å². The van der Waals surface area contributed by atoms with E-state index in [-0.39, 0.29) is 11.8 Å². The Hall–Kier alpha value is -3.15. The minimum atomic E-state index is -0.0162. The fourth-order valence-corrected chi connectivity index (χ4v) is 4.68. The van der Waals surface area contributed by atoms with Gasteiger partial charge in [0.25, 0.3) is 0 Å². The van der Waals surface area contributed by atoms with E-state index in [0.29, 0.717) is 13.1 Å². The van der Waals surface area contributed by atoms with Gasteiger partial charge in [-0.25, -0.2) is 9.97 Å². The first-order chi connectivity index (χ1) is 15.3. The van der Waals surface area contributed by atoms with E-state index >= 15 is 0 Å². The molecule has 3 aromatic rings. The summed E-state index contributed by atoms with van der Waals surface area (Å²) in [5.74, 6) is 2.84. The van der Waals surface area contributed by atoms with Gasteiger partial charge < -0.3 is 14.6 Å². The maximum absolute atomic E-state index is 12.8. The van der Waals surface area contributed by atoms with Gasteiger partial charge in [-0.05, 0) is 44.2 Å². The Morgan fingerprint density at radius 2 is 2.00 bits per heavy atom. The van der Waals surface area contributed by atoms with Crippen LogP contribution in [0.2, 0.25) is 0 Å². The smallest absolute Gasteiger partial charge is 0.224 e. The largest absolute Gasteiger partial charge is 0.469 e. The number of nitrogens with zero attached hydrogens (tertiary/aromatic N) is 3. The Labute approximate surface area is 182 Å². The van der Waals surface area contributed by atoms with Crippen molar-refractivity contribution in [1.82, 2.24) is 15.3 Å². The third-order valence-electron chi connectivity index (χ3n) is 6.29. The predicted molar refractivity (Wildman–Crippen MR) is 120 cm³/mol. The molecule has 1 fully saturated rings. The molecule has 0 spiro atoms. The highest BCUT2D eigenvalue weighted by molar-refractivity contribution is 5.79. The molecule has 5 rings (SSSR count). The summed E-state index contributed by atoms with van der Waals surface area (Å²) >= 11 is 0. The zero-order valence-corrected chi connectivity index (χ0v) is 17.7. The summed E-state index contributed by atoms with van der Waals surface area (Å²) in [6.45, 7) is 2.25. The second-order valence-electron chi connectivity index (χ2n) is 8.42. The van der Waals surface area contributed by atoms with Gasteiger partial charge in [-0.15, -0.1) is 0 Å². The number of aromatic nitrogens is 2. The minimum Gasteiger partial charge on any atom is -0.469 e. The van der Waals surface area contributed by atoms with Gasteiger partial charge in [0.15, 0.2) is 5.82 Å². The van der Waals surface area contributed by atoms with Gasteiger partial charge in [0.1, 0.15) is 11.6 Å². The van der Waals surface area contributed by atoms with Crippen molar-refractivity contribution in [1.29, 1.82) is 0 Å². The standard InChI is InChI=1S/C25H28N4O2/c30-25(26-14-13-20-10-6-16-31-20)19-9-5-15-29(17-19)24-21-11-4-12-22(21)27-23(28-24)18-7-2-1-3-8-18/h1-3,6-8,10,16,19H,4-5,9,11-15,17H2,(H,26,30). The number of rotatable bonds is 6. The van der Waals surface area contributed by atoms with Crippen LogP contribution in [0, 0.1) is 5.92 Å². The molecule has 6 heteroatoms. The lowest BCUT2D eigenvalue weighted by Crippen LogP contribution is -2.44. The van der Waals surface area contributed by atoms with E-state index in [2.05, 4.69) is 22.3 Å². The van der Waals surface area contributed by atoms with E-state index < -0.39 is 0 Å². The number of furan rings is 1. The number of benzene rings is 1. The number of hydrogen-bond acceptors (Lipinski definition) is 5. The lowest BCUT2D eigenvalue weighted by Gasteiger charge is -2.34. The van der Waals surface area contributed by atoms with Crippen molar-refractivity contribution in [2.45, 2.75) is 38.5 Å². The van der Waals surface area contributed by atoms with E-state index in [0.717, 1.165) is 68.0 Å². The van der Waals surface area contributed by atoms with Crippen molar-refractivity contribution in [3.8, 4) is 11.4 Å². The maximum atomic E-state index is 12.8. The van der Waals surface area contributed by atoms with Gasteiger partial charge in [-0.3, -0.25) is 4.79 Å². The molecule has 1 aliphatic heterocycles. The van der Waals surface area contributed by atoms with Gasteiger partial charge >= 0.3 is 0 Å². The average Bonchev–Trinajstić information content (AvgIpc) is 3.51. The average molecular weight is 417 g/mol. The van der Waals surface area contributed by atoms with Crippen LogP contribution in [0.5, 0.6) is 0 Å². The van der Waals surface area contributed by atoms with E-state index in [1.54, 1.807) is 6.26 Å². The fraction of sp³-hybridized carbons (Fsp3) is 0.400. The Balaban J connectivity index is 1.31. The van der Waals surface area contributed by atoms with Crippen LogP contribution in [0.15, 0.2) is 53.1 Å². The third kappa shape index (κ3) is 4.33. The Kier molecular flexibility index (Phi) is 5.69. The van der Waals surface area contributed by atoms with Crippen molar-refractivity contribution in [2.24, 2.45) is 5.92 Å². The number of anilines is 1. The predicted octanol–water partition coefficient (Wildman–Crippen LogP) is 3.80. The van der Waals surface area contributed by atoms with Crippen molar-refractivity contribution < 1.29 is 9.21 Å². The quantitative estimate of drug-likeness (QED) is 0.662.